The maximum atomic E-state index is 13.6. The normalized spacial score (nSPS) is 17.6. The Balaban J connectivity index is 1.46. The highest BCUT2D eigenvalue weighted by molar-refractivity contribution is 5.80. The van der Waals surface area contributed by atoms with Gasteiger partial charge in [-0.25, -0.2) is 4.39 Å². The molecule has 25 heavy (non-hydrogen) atoms. The van der Waals surface area contributed by atoms with E-state index in [2.05, 4.69) is 44.8 Å². The van der Waals surface area contributed by atoms with Crippen LogP contribution in [0.5, 0.6) is 0 Å². The summed E-state index contributed by atoms with van der Waals surface area (Å²) >= 11 is 0. The summed E-state index contributed by atoms with van der Waals surface area (Å²) in [6, 6.07) is 17.7. The number of hydrogen-bond donors (Lipinski definition) is 2. The van der Waals surface area contributed by atoms with Gasteiger partial charge < -0.3 is 15.5 Å². The van der Waals surface area contributed by atoms with E-state index in [9.17, 15) is 4.39 Å². The highest BCUT2D eigenvalue weighted by Gasteiger charge is 2.23. The van der Waals surface area contributed by atoms with Crippen LogP contribution < -0.4 is 15.5 Å². The van der Waals surface area contributed by atoms with Crippen LogP contribution in [0, 0.1) is 5.82 Å². The fourth-order valence-electron chi connectivity index (χ4n) is 3.16. The smallest absolute Gasteiger partial charge is 0.191 e. The van der Waals surface area contributed by atoms with Crippen LogP contribution in [0.2, 0.25) is 0 Å². The molecule has 0 saturated carbocycles. The van der Waals surface area contributed by atoms with Crippen LogP contribution in [0.1, 0.15) is 12.0 Å². The molecule has 1 fully saturated rings. The van der Waals surface area contributed by atoms with Gasteiger partial charge in [0.1, 0.15) is 5.82 Å². The highest BCUT2D eigenvalue weighted by atomic mass is 19.1. The van der Waals surface area contributed by atoms with Gasteiger partial charge in [-0.1, -0.05) is 36.4 Å². The van der Waals surface area contributed by atoms with Gasteiger partial charge in [0.05, 0.1) is 0 Å². The average Bonchev–Trinajstić information content (AvgIpc) is 3.12. The van der Waals surface area contributed by atoms with Crippen molar-refractivity contribution in [2.75, 3.05) is 31.6 Å². The molecule has 0 spiro atoms. The Kier molecular flexibility index (Phi) is 5.88. The van der Waals surface area contributed by atoms with Crippen molar-refractivity contribution in [2.24, 2.45) is 4.99 Å². The first-order chi connectivity index (χ1) is 12.3. The van der Waals surface area contributed by atoms with Gasteiger partial charge in [-0.3, -0.25) is 4.99 Å². The molecular weight excluding hydrogens is 315 g/mol. The molecule has 0 aliphatic carbocycles. The minimum absolute atomic E-state index is 0.151. The van der Waals surface area contributed by atoms with Crippen molar-refractivity contribution >= 4 is 11.6 Å². The molecular formula is C20H25FN4. The topological polar surface area (TPSA) is 39.7 Å². The van der Waals surface area contributed by atoms with Crippen LogP contribution in [-0.4, -0.2) is 38.7 Å². The summed E-state index contributed by atoms with van der Waals surface area (Å²) in [5, 5.41) is 6.75. The molecule has 1 heterocycles. The zero-order valence-corrected chi connectivity index (χ0v) is 14.6. The van der Waals surface area contributed by atoms with Gasteiger partial charge in [0.2, 0.25) is 0 Å². The summed E-state index contributed by atoms with van der Waals surface area (Å²) in [4.78, 5) is 6.66. The zero-order chi connectivity index (χ0) is 17.5. The second-order valence-electron chi connectivity index (χ2n) is 6.25. The Morgan fingerprint density at radius 2 is 1.92 bits per heavy atom. The van der Waals surface area contributed by atoms with Crippen molar-refractivity contribution in [3.8, 4) is 0 Å². The summed E-state index contributed by atoms with van der Waals surface area (Å²) in [6.07, 6.45) is 1.71. The third-order valence-electron chi connectivity index (χ3n) is 4.52. The molecule has 2 aromatic rings. The predicted octanol–water partition coefficient (Wildman–Crippen LogP) is 2.81. The second-order valence-corrected chi connectivity index (χ2v) is 6.25. The van der Waals surface area contributed by atoms with Gasteiger partial charge in [-0.2, -0.15) is 0 Å². The Bertz CT molecular complexity index is 702. The average molecular weight is 340 g/mol. The van der Waals surface area contributed by atoms with E-state index >= 15 is 0 Å². The summed E-state index contributed by atoms with van der Waals surface area (Å²) in [6.45, 7) is 2.64. The molecule has 1 saturated heterocycles. The molecule has 132 valence electrons. The van der Waals surface area contributed by atoms with Crippen molar-refractivity contribution in [3.05, 3.63) is 66.0 Å². The molecule has 0 bridgehead atoms. The molecule has 4 nitrogen and oxygen atoms in total. The van der Waals surface area contributed by atoms with Gasteiger partial charge in [-0.05, 0) is 36.6 Å². The lowest BCUT2D eigenvalue weighted by atomic mass is 10.1. The van der Waals surface area contributed by atoms with Crippen LogP contribution in [0.3, 0.4) is 0 Å². The molecule has 0 aromatic heterocycles. The number of para-hydroxylation sites is 1. The Labute approximate surface area is 148 Å². The lowest BCUT2D eigenvalue weighted by Crippen LogP contribution is -2.45. The Hall–Kier alpha value is -2.56. The van der Waals surface area contributed by atoms with E-state index in [1.54, 1.807) is 13.1 Å². The lowest BCUT2D eigenvalue weighted by Gasteiger charge is -2.20. The van der Waals surface area contributed by atoms with Crippen LogP contribution in [0.25, 0.3) is 0 Å². The SMILES string of the molecule is CN=C(NCCc1ccccc1F)NC1CCN(c2ccccc2)C1. The summed E-state index contributed by atoms with van der Waals surface area (Å²) in [5.74, 6) is 0.623. The second kappa shape index (κ2) is 8.51. The van der Waals surface area contributed by atoms with Crippen LogP contribution in [0.15, 0.2) is 59.6 Å². The number of halogens is 1. The molecule has 1 aliphatic heterocycles. The highest BCUT2D eigenvalue weighted by Crippen LogP contribution is 2.19. The van der Waals surface area contributed by atoms with E-state index in [1.807, 2.05) is 18.2 Å². The summed E-state index contributed by atoms with van der Waals surface area (Å²) in [5.41, 5.74) is 1.98. The van der Waals surface area contributed by atoms with Gasteiger partial charge in [0.15, 0.2) is 5.96 Å². The predicted molar refractivity (Wildman–Crippen MR) is 102 cm³/mol. The lowest BCUT2D eigenvalue weighted by molar-refractivity contribution is 0.604. The Morgan fingerprint density at radius 3 is 2.68 bits per heavy atom. The minimum Gasteiger partial charge on any atom is -0.369 e. The molecule has 3 rings (SSSR count). The molecule has 0 amide bonds. The summed E-state index contributed by atoms with van der Waals surface area (Å²) < 4.78 is 13.6. The standard InChI is InChI=1S/C20H25FN4/c1-22-20(23-13-11-16-7-5-6-10-19(16)21)24-17-12-14-25(15-17)18-8-3-2-4-9-18/h2-10,17H,11-15H2,1H3,(H2,22,23,24). The summed E-state index contributed by atoms with van der Waals surface area (Å²) in [7, 11) is 1.77. The van der Waals surface area contributed by atoms with Crippen molar-refractivity contribution in [1.29, 1.82) is 0 Å². The van der Waals surface area contributed by atoms with Gasteiger partial charge >= 0.3 is 0 Å². The third-order valence-corrected chi connectivity index (χ3v) is 4.52. The van der Waals surface area contributed by atoms with E-state index in [-0.39, 0.29) is 5.82 Å². The zero-order valence-electron chi connectivity index (χ0n) is 14.6. The van der Waals surface area contributed by atoms with E-state index < -0.39 is 0 Å². The molecule has 5 heteroatoms. The van der Waals surface area contributed by atoms with Crippen molar-refractivity contribution < 1.29 is 4.39 Å². The maximum Gasteiger partial charge on any atom is 0.191 e. The molecule has 2 N–H and O–H groups in total. The van der Waals surface area contributed by atoms with Gasteiger partial charge in [0.25, 0.3) is 0 Å². The van der Waals surface area contributed by atoms with Crippen LogP contribution in [-0.2, 0) is 6.42 Å². The number of hydrogen-bond acceptors (Lipinski definition) is 2. The first-order valence-electron chi connectivity index (χ1n) is 8.77. The first kappa shape index (κ1) is 17.3. The quantitative estimate of drug-likeness (QED) is 0.649. The van der Waals surface area contributed by atoms with Gasteiger partial charge in [0, 0.05) is 38.4 Å². The van der Waals surface area contributed by atoms with Gasteiger partial charge in [-0.15, -0.1) is 0 Å². The maximum absolute atomic E-state index is 13.6. The minimum atomic E-state index is -0.151. The largest absolute Gasteiger partial charge is 0.369 e. The number of rotatable bonds is 5. The molecule has 1 unspecified atom stereocenters. The van der Waals surface area contributed by atoms with E-state index in [0.29, 0.717) is 19.0 Å². The number of nitrogens with one attached hydrogen (secondary N) is 2. The number of anilines is 1. The van der Waals surface area contributed by atoms with E-state index in [1.165, 1.54) is 11.8 Å². The fraction of sp³-hybridized carbons (Fsp3) is 0.350. The molecule has 1 atom stereocenters. The van der Waals surface area contributed by atoms with Crippen LogP contribution >= 0.6 is 0 Å². The number of aliphatic imine (C=N–C) groups is 1. The fourth-order valence-corrected chi connectivity index (χ4v) is 3.16. The van der Waals surface area contributed by atoms with E-state index in [0.717, 1.165) is 31.0 Å². The van der Waals surface area contributed by atoms with E-state index in [4.69, 9.17) is 0 Å². The van der Waals surface area contributed by atoms with Crippen molar-refractivity contribution in [3.63, 3.8) is 0 Å². The Morgan fingerprint density at radius 1 is 1.16 bits per heavy atom. The third kappa shape index (κ3) is 4.72. The van der Waals surface area contributed by atoms with Crippen LogP contribution in [0.4, 0.5) is 10.1 Å². The number of benzene rings is 2. The van der Waals surface area contributed by atoms with Crippen molar-refractivity contribution in [2.45, 2.75) is 18.9 Å². The molecule has 2 aromatic carbocycles. The molecule has 0 radical (unpaired) electrons. The number of guanidine groups is 1. The molecule has 1 aliphatic rings. The monoisotopic (exact) mass is 340 g/mol. The van der Waals surface area contributed by atoms with Crippen molar-refractivity contribution in [1.82, 2.24) is 10.6 Å². The number of nitrogens with zero attached hydrogens (tertiary/aromatic N) is 2. The first-order valence-corrected chi connectivity index (χ1v) is 8.77.